The smallest absolute Gasteiger partial charge is 0.247 e. The van der Waals surface area contributed by atoms with Gasteiger partial charge in [-0.15, -0.1) is 0 Å². The van der Waals surface area contributed by atoms with Crippen LogP contribution >= 0.6 is 0 Å². The van der Waals surface area contributed by atoms with Gasteiger partial charge in [-0.05, 0) is 62.2 Å². The lowest BCUT2D eigenvalue weighted by Crippen LogP contribution is -2.31. The normalized spacial score (nSPS) is 16.9. The molecule has 1 aliphatic rings. The van der Waals surface area contributed by atoms with Crippen LogP contribution in [0, 0.1) is 12.7 Å². The second-order valence-electron chi connectivity index (χ2n) is 7.31. The zero-order valence-corrected chi connectivity index (χ0v) is 18.1. The minimum absolute atomic E-state index is 0.112. The van der Waals surface area contributed by atoms with E-state index in [1.807, 2.05) is 31.2 Å². The molecule has 3 aromatic rings. The van der Waals surface area contributed by atoms with Gasteiger partial charge in [-0.1, -0.05) is 12.1 Å². The lowest BCUT2D eigenvalue weighted by Gasteiger charge is -2.25. The van der Waals surface area contributed by atoms with Gasteiger partial charge in [-0.2, -0.15) is 4.31 Å². The summed E-state index contributed by atoms with van der Waals surface area (Å²) in [5, 5.41) is 3.16. The molecule has 0 aliphatic carbocycles. The standard InChI is InChI=1S/C22H23FN4O3S/c1-15-6-3-9-21(24-15)26-22-10-4-7-17(25-22)18-8-5-13-27(18)31(28,29)20-14-16(23)11-12-19(20)30-2/h3-4,6-7,9-12,14,18H,5,8,13H2,1-2H3,(H,24,25,26)/t18-/m0/s1. The van der Waals surface area contributed by atoms with Crippen LogP contribution < -0.4 is 10.1 Å². The summed E-state index contributed by atoms with van der Waals surface area (Å²) in [6.07, 6.45) is 1.30. The van der Waals surface area contributed by atoms with E-state index >= 15 is 0 Å². The first-order valence-electron chi connectivity index (χ1n) is 9.91. The Morgan fingerprint density at radius 3 is 2.58 bits per heavy atom. The molecular formula is C22H23FN4O3S. The number of hydrogen-bond donors (Lipinski definition) is 1. The molecule has 2 aromatic heterocycles. The van der Waals surface area contributed by atoms with Crippen molar-refractivity contribution in [2.75, 3.05) is 19.0 Å². The Hall–Kier alpha value is -3.04. The van der Waals surface area contributed by atoms with Gasteiger partial charge in [0.1, 0.15) is 28.1 Å². The van der Waals surface area contributed by atoms with E-state index in [0.29, 0.717) is 36.7 Å². The number of halogens is 1. The third-order valence-electron chi connectivity index (χ3n) is 5.17. The maximum absolute atomic E-state index is 13.8. The van der Waals surface area contributed by atoms with Gasteiger partial charge in [-0.3, -0.25) is 0 Å². The van der Waals surface area contributed by atoms with Crippen LogP contribution in [0.25, 0.3) is 0 Å². The topological polar surface area (TPSA) is 84.4 Å². The van der Waals surface area contributed by atoms with E-state index in [-0.39, 0.29) is 10.6 Å². The number of aryl methyl sites for hydroxylation is 1. The number of nitrogens with zero attached hydrogens (tertiary/aromatic N) is 3. The minimum atomic E-state index is -3.98. The van der Waals surface area contributed by atoms with Crippen LogP contribution in [0.15, 0.2) is 59.5 Å². The number of benzene rings is 1. The van der Waals surface area contributed by atoms with E-state index in [0.717, 1.165) is 11.8 Å². The van der Waals surface area contributed by atoms with Crippen LogP contribution in [0.2, 0.25) is 0 Å². The molecule has 31 heavy (non-hydrogen) atoms. The lowest BCUT2D eigenvalue weighted by atomic mass is 10.1. The summed E-state index contributed by atoms with van der Waals surface area (Å²) < 4.78 is 47.2. The predicted molar refractivity (Wildman–Crippen MR) is 115 cm³/mol. The molecule has 1 fully saturated rings. The molecule has 3 heterocycles. The fourth-order valence-corrected chi connectivity index (χ4v) is 5.59. The fraction of sp³-hybridized carbons (Fsp3) is 0.273. The summed E-state index contributed by atoms with van der Waals surface area (Å²) in [6.45, 7) is 2.22. The Labute approximate surface area is 181 Å². The van der Waals surface area contributed by atoms with Gasteiger partial charge in [0.25, 0.3) is 0 Å². The molecule has 1 N–H and O–H groups in total. The Bertz CT molecular complexity index is 1200. The fourth-order valence-electron chi connectivity index (χ4n) is 3.75. The molecule has 0 unspecified atom stereocenters. The van der Waals surface area contributed by atoms with E-state index in [4.69, 9.17) is 4.74 Å². The number of ether oxygens (including phenoxy) is 1. The Morgan fingerprint density at radius 1 is 1.10 bits per heavy atom. The van der Waals surface area contributed by atoms with Gasteiger partial charge < -0.3 is 10.1 Å². The number of nitrogens with one attached hydrogen (secondary N) is 1. The van der Waals surface area contributed by atoms with E-state index in [2.05, 4.69) is 15.3 Å². The third-order valence-corrected chi connectivity index (χ3v) is 7.10. The van der Waals surface area contributed by atoms with Gasteiger partial charge in [0, 0.05) is 12.2 Å². The minimum Gasteiger partial charge on any atom is -0.495 e. The summed E-state index contributed by atoms with van der Waals surface area (Å²) in [5.41, 5.74) is 1.49. The Kier molecular flexibility index (Phi) is 5.88. The highest BCUT2D eigenvalue weighted by Gasteiger charge is 2.38. The van der Waals surface area contributed by atoms with Crippen LogP contribution in [0.3, 0.4) is 0 Å². The highest BCUT2D eigenvalue weighted by Crippen LogP contribution is 2.38. The molecule has 0 bridgehead atoms. The van der Waals surface area contributed by atoms with Gasteiger partial charge in [0.15, 0.2) is 0 Å². The average molecular weight is 443 g/mol. The molecule has 1 aliphatic heterocycles. The molecule has 1 atom stereocenters. The highest BCUT2D eigenvalue weighted by atomic mass is 32.2. The monoisotopic (exact) mass is 442 g/mol. The quantitative estimate of drug-likeness (QED) is 0.616. The first-order valence-corrected chi connectivity index (χ1v) is 11.4. The number of rotatable bonds is 6. The zero-order valence-electron chi connectivity index (χ0n) is 17.2. The van der Waals surface area contributed by atoms with Crippen molar-refractivity contribution in [3.05, 3.63) is 71.8 Å². The van der Waals surface area contributed by atoms with Gasteiger partial charge in [-0.25, -0.2) is 22.8 Å². The van der Waals surface area contributed by atoms with Crippen molar-refractivity contribution in [3.63, 3.8) is 0 Å². The summed E-state index contributed by atoms with van der Waals surface area (Å²) in [5.74, 6) is 0.708. The highest BCUT2D eigenvalue weighted by molar-refractivity contribution is 7.89. The first-order chi connectivity index (χ1) is 14.9. The largest absolute Gasteiger partial charge is 0.495 e. The predicted octanol–water partition coefficient (Wildman–Crippen LogP) is 4.20. The van der Waals surface area contributed by atoms with Crippen molar-refractivity contribution in [1.29, 1.82) is 0 Å². The van der Waals surface area contributed by atoms with Crippen LogP contribution in [0.5, 0.6) is 5.75 Å². The maximum Gasteiger partial charge on any atom is 0.247 e. The number of hydrogen-bond acceptors (Lipinski definition) is 6. The Balaban J connectivity index is 1.65. The number of aromatic nitrogens is 2. The van der Waals surface area contributed by atoms with Gasteiger partial charge >= 0.3 is 0 Å². The molecule has 7 nitrogen and oxygen atoms in total. The summed E-state index contributed by atoms with van der Waals surface area (Å²) in [4.78, 5) is 8.86. The number of sulfonamides is 1. The molecule has 0 amide bonds. The number of anilines is 2. The van der Waals surface area contributed by atoms with Crippen LogP contribution in [0.1, 0.15) is 30.3 Å². The van der Waals surface area contributed by atoms with Gasteiger partial charge in [0.2, 0.25) is 10.0 Å². The molecule has 1 saturated heterocycles. The van der Waals surface area contributed by atoms with Crippen molar-refractivity contribution >= 4 is 21.7 Å². The first kappa shape index (κ1) is 21.2. The molecule has 4 rings (SSSR count). The van der Waals surface area contributed by atoms with E-state index in [1.165, 1.54) is 23.5 Å². The average Bonchev–Trinajstić information content (AvgIpc) is 3.25. The van der Waals surface area contributed by atoms with Gasteiger partial charge in [0.05, 0.1) is 18.8 Å². The van der Waals surface area contributed by atoms with Crippen LogP contribution in [-0.4, -0.2) is 36.3 Å². The van der Waals surface area contributed by atoms with Crippen molar-refractivity contribution in [2.45, 2.75) is 30.7 Å². The van der Waals surface area contributed by atoms with Crippen molar-refractivity contribution in [1.82, 2.24) is 14.3 Å². The zero-order chi connectivity index (χ0) is 22.0. The van der Waals surface area contributed by atoms with Crippen molar-refractivity contribution < 1.29 is 17.5 Å². The van der Waals surface area contributed by atoms with Crippen molar-refractivity contribution in [2.24, 2.45) is 0 Å². The molecule has 0 saturated carbocycles. The van der Waals surface area contributed by atoms with E-state index < -0.39 is 21.9 Å². The molecule has 0 radical (unpaired) electrons. The number of methoxy groups -OCH3 is 1. The summed E-state index contributed by atoms with van der Waals surface area (Å²) >= 11 is 0. The van der Waals surface area contributed by atoms with Crippen molar-refractivity contribution in [3.8, 4) is 5.75 Å². The van der Waals surface area contributed by atoms with Crippen LogP contribution in [0.4, 0.5) is 16.0 Å². The molecule has 162 valence electrons. The molecule has 1 aromatic carbocycles. The third kappa shape index (κ3) is 4.38. The van der Waals surface area contributed by atoms with E-state index in [9.17, 15) is 12.8 Å². The molecule has 0 spiro atoms. The summed E-state index contributed by atoms with van der Waals surface area (Å²) in [6, 6.07) is 14.1. The molecular weight excluding hydrogens is 419 g/mol. The SMILES string of the molecule is COc1ccc(F)cc1S(=O)(=O)N1CCC[C@H]1c1cccc(Nc2cccc(C)n2)n1. The summed E-state index contributed by atoms with van der Waals surface area (Å²) in [7, 11) is -2.62. The van der Waals surface area contributed by atoms with E-state index in [1.54, 1.807) is 12.1 Å². The Morgan fingerprint density at radius 2 is 1.84 bits per heavy atom. The maximum atomic E-state index is 13.8. The van der Waals surface area contributed by atoms with Crippen LogP contribution in [-0.2, 0) is 10.0 Å². The lowest BCUT2D eigenvalue weighted by molar-refractivity contribution is 0.376. The second-order valence-corrected chi connectivity index (χ2v) is 9.16. The molecule has 9 heteroatoms. The number of pyridine rings is 2. The second kappa shape index (κ2) is 8.60.